The second-order valence-corrected chi connectivity index (χ2v) is 5.48. The van der Waals surface area contributed by atoms with Crippen LogP contribution in [0.1, 0.15) is 26.2 Å². The van der Waals surface area contributed by atoms with Gasteiger partial charge < -0.3 is 10.2 Å². The summed E-state index contributed by atoms with van der Waals surface area (Å²) in [4.78, 5) is 6.75. The number of likely N-dealkylation sites (tertiary alicyclic amines) is 1. The smallest absolute Gasteiger partial charge is 0.184 e. The minimum absolute atomic E-state index is 0.565. The van der Waals surface area contributed by atoms with Crippen molar-refractivity contribution < 1.29 is 0 Å². The van der Waals surface area contributed by atoms with E-state index < -0.39 is 0 Å². The summed E-state index contributed by atoms with van der Waals surface area (Å²) in [6.45, 7) is 5.87. The van der Waals surface area contributed by atoms with Crippen molar-refractivity contribution >= 4 is 28.1 Å². The molecule has 0 amide bonds. The highest BCUT2D eigenvalue weighted by Gasteiger charge is 2.18. The van der Waals surface area contributed by atoms with Crippen LogP contribution in [0, 0.1) is 0 Å². The molecule has 0 atom stereocenters. The van der Waals surface area contributed by atoms with Gasteiger partial charge in [0.2, 0.25) is 0 Å². The molecule has 90 valence electrons. The van der Waals surface area contributed by atoms with Crippen molar-refractivity contribution in [1.29, 1.82) is 0 Å². The van der Waals surface area contributed by atoms with Crippen molar-refractivity contribution in [3.05, 3.63) is 10.5 Å². The second-order valence-electron chi connectivity index (χ2n) is 4.24. The molecule has 1 fully saturated rings. The Morgan fingerprint density at radius 1 is 1.56 bits per heavy atom. The number of hydrogen-bond acceptors (Lipinski definition) is 4. The molecular formula is C11H18ClN3S. The summed E-state index contributed by atoms with van der Waals surface area (Å²) < 4.78 is 0. The lowest BCUT2D eigenvalue weighted by Crippen LogP contribution is -2.39. The van der Waals surface area contributed by atoms with Crippen LogP contribution in [0.15, 0.2) is 5.38 Å². The molecule has 1 saturated heterocycles. The summed E-state index contributed by atoms with van der Waals surface area (Å²) in [6.07, 6.45) is 3.66. The highest BCUT2D eigenvalue weighted by Crippen LogP contribution is 2.22. The van der Waals surface area contributed by atoms with E-state index in [1.807, 2.05) is 5.38 Å². The zero-order valence-corrected chi connectivity index (χ0v) is 11.2. The summed E-state index contributed by atoms with van der Waals surface area (Å²) in [5, 5.41) is 6.88. The predicted octanol–water partition coefficient (Wildman–Crippen LogP) is 3.08. The highest BCUT2D eigenvalue weighted by molar-refractivity contribution is 7.14. The Hall–Kier alpha value is -0.320. The van der Waals surface area contributed by atoms with Gasteiger partial charge >= 0.3 is 0 Å². The topological polar surface area (TPSA) is 28.2 Å². The second kappa shape index (κ2) is 5.84. The summed E-state index contributed by atoms with van der Waals surface area (Å²) in [7, 11) is 0. The lowest BCUT2D eigenvalue weighted by atomic mass is 10.1. The first kappa shape index (κ1) is 12.1. The summed E-state index contributed by atoms with van der Waals surface area (Å²) in [6, 6.07) is 0.565. The van der Waals surface area contributed by atoms with Gasteiger partial charge in [0.1, 0.15) is 5.15 Å². The molecule has 1 aliphatic heterocycles. The number of nitrogens with one attached hydrogen (secondary N) is 1. The first-order chi connectivity index (χ1) is 7.78. The third-order valence-corrected chi connectivity index (χ3v) is 4.03. The summed E-state index contributed by atoms with van der Waals surface area (Å²) in [5.74, 6) is 0. The molecule has 0 radical (unpaired) electrons. The zero-order valence-electron chi connectivity index (χ0n) is 9.58. The standard InChI is InChI=1S/C11H18ClN3S/c1-2-5-15-6-3-9(4-7-15)13-11-14-10(12)8-16-11/h8-9H,2-7H2,1H3,(H,13,14). The number of halogens is 1. The van der Waals surface area contributed by atoms with E-state index in [1.165, 1.54) is 38.9 Å². The molecule has 2 heterocycles. The van der Waals surface area contributed by atoms with Crippen LogP contribution in [0.3, 0.4) is 0 Å². The zero-order chi connectivity index (χ0) is 11.4. The molecule has 5 heteroatoms. The molecule has 0 bridgehead atoms. The van der Waals surface area contributed by atoms with Gasteiger partial charge in [-0.15, -0.1) is 11.3 Å². The first-order valence-electron chi connectivity index (χ1n) is 5.88. The Morgan fingerprint density at radius 2 is 2.31 bits per heavy atom. The molecule has 1 N–H and O–H groups in total. The molecular weight excluding hydrogens is 242 g/mol. The van der Waals surface area contributed by atoms with Crippen LogP contribution in [0.2, 0.25) is 5.15 Å². The molecule has 0 unspecified atom stereocenters. The van der Waals surface area contributed by atoms with Crippen molar-refractivity contribution in [2.24, 2.45) is 0 Å². The molecule has 1 aromatic rings. The Morgan fingerprint density at radius 3 is 2.88 bits per heavy atom. The minimum atomic E-state index is 0.565. The van der Waals surface area contributed by atoms with Crippen molar-refractivity contribution in [3.63, 3.8) is 0 Å². The molecule has 3 nitrogen and oxygen atoms in total. The fourth-order valence-corrected chi connectivity index (χ4v) is 3.03. The van der Waals surface area contributed by atoms with Crippen LogP contribution in [0.25, 0.3) is 0 Å². The summed E-state index contributed by atoms with van der Waals surface area (Å²) >= 11 is 7.38. The molecule has 0 aromatic carbocycles. The van der Waals surface area contributed by atoms with Gasteiger partial charge in [0.25, 0.3) is 0 Å². The van der Waals surface area contributed by atoms with E-state index in [4.69, 9.17) is 11.6 Å². The Balaban J connectivity index is 1.77. The van der Waals surface area contributed by atoms with E-state index in [1.54, 1.807) is 11.3 Å². The van der Waals surface area contributed by atoms with Crippen LogP contribution in [0.5, 0.6) is 0 Å². The van der Waals surface area contributed by atoms with Crippen LogP contribution in [0.4, 0.5) is 5.13 Å². The average Bonchev–Trinajstić information content (AvgIpc) is 2.67. The van der Waals surface area contributed by atoms with E-state index in [2.05, 4.69) is 22.1 Å². The van der Waals surface area contributed by atoms with Crippen LogP contribution >= 0.6 is 22.9 Å². The Labute approximate surface area is 106 Å². The largest absolute Gasteiger partial charge is 0.359 e. The van der Waals surface area contributed by atoms with Crippen molar-refractivity contribution in [3.8, 4) is 0 Å². The van der Waals surface area contributed by atoms with Crippen molar-refractivity contribution in [1.82, 2.24) is 9.88 Å². The van der Waals surface area contributed by atoms with E-state index in [-0.39, 0.29) is 0 Å². The maximum absolute atomic E-state index is 5.79. The van der Waals surface area contributed by atoms with Gasteiger partial charge in [-0.3, -0.25) is 0 Å². The van der Waals surface area contributed by atoms with Crippen molar-refractivity contribution in [2.45, 2.75) is 32.2 Å². The molecule has 2 rings (SSSR count). The lowest BCUT2D eigenvalue weighted by molar-refractivity contribution is 0.219. The number of anilines is 1. The van der Waals surface area contributed by atoms with Gasteiger partial charge in [-0.05, 0) is 25.8 Å². The number of rotatable bonds is 4. The molecule has 16 heavy (non-hydrogen) atoms. The van der Waals surface area contributed by atoms with Gasteiger partial charge in [-0.25, -0.2) is 4.98 Å². The molecule has 0 spiro atoms. The van der Waals surface area contributed by atoms with Gasteiger partial charge in [0.15, 0.2) is 5.13 Å². The third kappa shape index (κ3) is 3.34. The van der Waals surface area contributed by atoms with Crippen LogP contribution in [-0.4, -0.2) is 35.6 Å². The molecule has 0 saturated carbocycles. The van der Waals surface area contributed by atoms with Gasteiger partial charge in [-0.2, -0.15) is 0 Å². The van der Waals surface area contributed by atoms with Crippen LogP contribution in [-0.2, 0) is 0 Å². The first-order valence-corrected chi connectivity index (χ1v) is 7.13. The van der Waals surface area contributed by atoms with E-state index in [0.29, 0.717) is 11.2 Å². The normalized spacial score (nSPS) is 18.9. The maximum atomic E-state index is 5.79. The number of nitrogens with zero attached hydrogens (tertiary/aromatic N) is 2. The lowest BCUT2D eigenvalue weighted by Gasteiger charge is -2.31. The van der Waals surface area contributed by atoms with E-state index >= 15 is 0 Å². The number of piperidine rings is 1. The monoisotopic (exact) mass is 259 g/mol. The number of aromatic nitrogens is 1. The Bertz CT molecular complexity index is 321. The predicted molar refractivity (Wildman–Crippen MR) is 70.5 cm³/mol. The SMILES string of the molecule is CCCN1CCC(Nc2nc(Cl)cs2)CC1. The van der Waals surface area contributed by atoms with E-state index in [0.717, 1.165) is 5.13 Å². The van der Waals surface area contributed by atoms with Crippen molar-refractivity contribution in [2.75, 3.05) is 25.0 Å². The fraction of sp³-hybridized carbons (Fsp3) is 0.727. The maximum Gasteiger partial charge on any atom is 0.184 e. The minimum Gasteiger partial charge on any atom is -0.359 e. The molecule has 1 aliphatic rings. The Kier molecular flexibility index (Phi) is 4.44. The van der Waals surface area contributed by atoms with Gasteiger partial charge in [0.05, 0.1) is 0 Å². The van der Waals surface area contributed by atoms with E-state index in [9.17, 15) is 0 Å². The average molecular weight is 260 g/mol. The third-order valence-electron chi connectivity index (χ3n) is 2.93. The molecule has 0 aliphatic carbocycles. The number of hydrogen-bond donors (Lipinski definition) is 1. The number of thiazole rings is 1. The molecule has 1 aromatic heterocycles. The summed E-state index contributed by atoms with van der Waals surface area (Å²) in [5.41, 5.74) is 0. The van der Waals surface area contributed by atoms with Gasteiger partial charge in [0, 0.05) is 24.5 Å². The fourth-order valence-electron chi connectivity index (χ4n) is 2.11. The quantitative estimate of drug-likeness (QED) is 0.901. The van der Waals surface area contributed by atoms with Crippen LogP contribution < -0.4 is 5.32 Å². The highest BCUT2D eigenvalue weighted by atomic mass is 35.5. The van der Waals surface area contributed by atoms with Gasteiger partial charge in [-0.1, -0.05) is 18.5 Å².